The van der Waals surface area contributed by atoms with E-state index in [1.165, 1.54) is 11.3 Å². The standard InChI is InChI=1S/C18H23N5/c1-14-13-15-5-3-4-6-16(15)23(14)17-7-8-19-18(20-17)22-11-9-21(2)10-12-22/h3-8,14H,9-13H2,1-2H3. The van der Waals surface area contributed by atoms with Gasteiger partial charge in [-0.1, -0.05) is 18.2 Å². The SMILES string of the molecule is CC1Cc2ccccc2N1c1ccnc(N2CCN(C)CC2)n1. The molecule has 1 unspecified atom stereocenters. The fourth-order valence-electron chi connectivity index (χ4n) is 3.55. The molecule has 0 radical (unpaired) electrons. The van der Waals surface area contributed by atoms with Crippen LogP contribution in [-0.4, -0.2) is 54.1 Å². The number of nitrogens with zero attached hydrogens (tertiary/aromatic N) is 5. The molecule has 0 aliphatic carbocycles. The third kappa shape index (κ3) is 2.65. The number of aromatic nitrogens is 2. The van der Waals surface area contributed by atoms with Crippen LogP contribution in [0.5, 0.6) is 0 Å². The van der Waals surface area contributed by atoms with Gasteiger partial charge in [0.1, 0.15) is 5.82 Å². The summed E-state index contributed by atoms with van der Waals surface area (Å²) in [5.41, 5.74) is 2.68. The molecule has 1 aromatic heterocycles. The molecular weight excluding hydrogens is 286 g/mol. The van der Waals surface area contributed by atoms with Crippen molar-refractivity contribution in [2.45, 2.75) is 19.4 Å². The normalized spacial score (nSPS) is 21.6. The van der Waals surface area contributed by atoms with Gasteiger partial charge in [-0.3, -0.25) is 0 Å². The van der Waals surface area contributed by atoms with E-state index in [1.807, 2.05) is 12.3 Å². The molecule has 1 atom stereocenters. The van der Waals surface area contributed by atoms with Gasteiger partial charge < -0.3 is 14.7 Å². The molecule has 0 saturated carbocycles. The summed E-state index contributed by atoms with van der Waals surface area (Å²) in [6.07, 6.45) is 2.97. The van der Waals surface area contributed by atoms with Crippen LogP contribution in [0.3, 0.4) is 0 Å². The van der Waals surface area contributed by atoms with E-state index in [4.69, 9.17) is 4.98 Å². The molecule has 2 aromatic rings. The molecule has 0 N–H and O–H groups in total. The Morgan fingerprint density at radius 1 is 1.04 bits per heavy atom. The molecule has 2 aliphatic heterocycles. The zero-order valence-corrected chi connectivity index (χ0v) is 13.8. The van der Waals surface area contributed by atoms with Crippen LogP contribution in [0, 0.1) is 0 Å². The quantitative estimate of drug-likeness (QED) is 0.851. The Morgan fingerprint density at radius 3 is 2.65 bits per heavy atom. The lowest BCUT2D eigenvalue weighted by atomic mass is 10.1. The topological polar surface area (TPSA) is 35.5 Å². The first-order valence-electron chi connectivity index (χ1n) is 8.36. The predicted molar refractivity (Wildman–Crippen MR) is 93.5 cm³/mol. The lowest BCUT2D eigenvalue weighted by molar-refractivity contribution is 0.311. The van der Waals surface area contributed by atoms with Crippen molar-refractivity contribution in [2.75, 3.05) is 43.0 Å². The van der Waals surface area contributed by atoms with Crippen molar-refractivity contribution in [3.8, 4) is 0 Å². The Labute approximate surface area is 137 Å². The van der Waals surface area contributed by atoms with E-state index >= 15 is 0 Å². The molecule has 1 aromatic carbocycles. The summed E-state index contributed by atoms with van der Waals surface area (Å²) in [7, 11) is 2.16. The van der Waals surface area contributed by atoms with E-state index in [0.29, 0.717) is 6.04 Å². The van der Waals surface area contributed by atoms with E-state index < -0.39 is 0 Å². The van der Waals surface area contributed by atoms with Crippen LogP contribution in [-0.2, 0) is 6.42 Å². The Bertz CT molecular complexity index is 693. The highest BCUT2D eigenvalue weighted by Gasteiger charge is 2.28. The summed E-state index contributed by atoms with van der Waals surface area (Å²) in [6.45, 7) is 6.38. The number of benzene rings is 1. The Kier molecular flexibility index (Phi) is 3.65. The van der Waals surface area contributed by atoms with Gasteiger partial charge in [-0.25, -0.2) is 4.98 Å². The first kappa shape index (κ1) is 14.5. The van der Waals surface area contributed by atoms with Crippen LogP contribution in [0.25, 0.3) is 0 Å². The van der Waals surface area contributed by atoms with E-state index in [9.17, 15) is 0 Å². The minimum absolute atomic E-state index is 0.433. The zero-order chi connectivity index (χ0) is 15.8. The molecule has 23 heavy (non-hydrogen) atoms. The minimum atomic E-state index is 0.433. The summed E-state index contributed by atoms with van der Waals surface area (Å²) in [5, 5.41) is 0. The van der Waals surface area contributed by atoms with E-state index in [2.05, 4.69) is 57.9 Å². The Balaban J connectivity index is 1.64. The molecule has 1 saturated heterocycles. The highest BCUT2D eigenvalue weighted by atomic mass is 15.3. The van der Waals surface area contributed by atoms with Gasteiger partial charge in [0.2, 0.25) is 5.95 Å². The summed E-state index contributed by atoms with van der Waals surface area (Å²) >= 11 is 0. The number of para-hydroxylation sites is 1. The second-order valence-corrected chi connectivity index (χ2v) is 6.56. The number of anilines is 3. The lowest BCUT2D eigenvalue weighted by Gasteiger charge is -2.33. The molecule has 3 heterocycles. The highest BCUT2D eigenvalue weighted by molar-refractivity contribution is 5.69. The molecule has 4 rings (SSSR count). The zero-order valence-electron chi connectivity index (χ0n) is 13.8. The van der Waals surface area contributed by atoms with Crippen LogP contribution in [0.4, 0.5) is 17.5 Å². The van der Waals surface area contributed by atoms with Crippen LogP contribution in [0.2, 0.25) is 0 Å². The number of hydrogen-bond acceptors (Lipinski definition) is 5. The Hall–Kier alpha value is -2.14. The third-order valence-corrected chi connectivity index (χ3v) is 4.87. The maximum absolute atomic E-state index is 4.87. The third-order valence-electron chi connectivity index (χ3n) is 4.87. The molecule has 2 aliphatic rings. The van der Waals surface area contributed by atoms with E-state index in [-0.39, 0.29) is 0 Å². The number of rotatable bonds is 2. The number of fused-ring (bicyclic) bond motifs is 1. The summed E-state index contributed by atoms with van der Waals surface area (Å²) in [5.74, 6) is 1.86. The minimum Gasteiger partial charge on any atom is -0.338 e. The average molecular weight is 309 g/mol. The van der Waals surface area contributed by atoms with Gasteiger partial charge >= 0.3 is 0 Å². The van der Waals surface area contributed by atoms with Crippen molar-refractivity contribution in [2.24, 2.45) is 0 Å². The van der Waals surface area contributed by atoms with Gasteiger partial charge in [0.25, 0.3) is 0 Å². The van der Waals surface area contributed by atoms with Gasteiger partial charge in [0, 0.05) is 44.1 Å². The molecular formula is C18H23N5. The smallest absolute Gasteiger partial charge is 0.227 e. The maximum atomic E-state index is 4.87. The number of hydrogen-bond donors (Lipinski definition) is 0. The van der Waals surface area contributed by atoms with Crippen molar-refractivity contribution < 1.29 is 0 Å². The van der Waals surface area contributed by atoms with E-state index in [0.717, 1.165) is 44.4 Å². The summed E-state index contributed by atoms with van der Waals surface area (Å²) in [6, 6.07) is 11.1. The molecule has 0 spiro atoms. The molecule has 1 fully saturated rings. The summed E-state index contributed by atoms with van der Waals surface area (Å²) < 4.78 is 0. The second kappa shape index (κ2) is 5.81. The summed E-state index contributed by atoms with van der Waals surface area (Å²) in [4.78, 5) is 16.4. The maximum Gasteiger partial charge on any atom is 0.227 e. The predicted octanol–water partition coefficient (Wildman–Crippen LogP) is 2.31. The average Bonchev–Trinajstić information content (AvgIpc) is 2.91. The lowest BCUT2D eigenvalue weighted by Crippen LogP contribution is -2.45. The first-order chi connectivity index (χ1) is 11.2. The highest BCUT2D eigenvalue weighted by Crippen LogP contribution is 2.37. The van der Waals surface area contributed by atoms with Gasteiger partial charge in [0.05, 0.1) is 0 Å². The second-order valence-electron chi connectivity index (χ2n) is 6.56. The fraction of sp³-hybridized carbons (Fsp3) is 0.444. The molecule has 5 nitrogen and oxygen atoms in total. The first-order valence-corrected chi connectivity index (χ1v) is 8.36. The van der Waals surface area contributed by atoms with Crippen LogP contribution >= 0.6 is 0 Å². The van der Waals surface area contributed by atoms with Gasteiger partial charge in [-0.2, -0.15) is 4.98 Å². The van der Waals surface area contributed by atoms with Gasteiger partial charge in [-0.05, 0) is 38.1 Å². The molecule has 0 amide bonds. The van der Waals surface area contributed by atoms with Crippen LogP contribution in [0.15, 0.2) is 36.5 Å². The monoisotopic (exact) mass is 309 g/mol. The molecule has 120 valence electrons. The van der Waals surface area contributed by atoms with Crippen LogP contribution in [0.1, 0.15) is 12.5 Å². The van der Waals surface area contributed by atoms with Crippen molar-refractivity contribution in [1.29, 1.82) is 0 Å². The van der Waals surface area contributed by atoms with Gasteiger partial charge in [0.15, 0.2) is 0 Å². The van der Waals surface area contributed by atoms with E-state index in [1.54, 1.807) is 0 Å². The molecule has 5 heteroatoms. The van der Waals surface area contributed by atoms with Crippen LogP contribution < -0.4 is 9.80 Å². The van der Waals surface area contributed by atoms with Crippen molar-refractivity contribution in [3.63, 3.8) is 0 Å². The van der Waals surface area contributed by atoms with Crippen molar-refractivity contribution in [3.05, 3.63) is 42.1 Å². The number of likely N-dealkylation sites (N-methyl/N-ethyl adjacent to an activating group) is 1. The largest absolute Gasteiger partial charge is 0.338 e. The number of piperazine rings is 1. The Morgan fingerprint density at radius 2 is 1.83 bits per heavy atom. The van der Waals surface area contributed by atoms with Crippen molar-refractivity contribution >= 4 is 17.5 Å². The fourth-order valence-corrected chi connectivity index (χ4v) is 3.55. The molecule has 0 bridgehead atoms. The van der Waals surface area contributed by atoms with Crippen molar-refractivity contribution in [1.82, 2.24) is 14.9 Å². The van der Waals surface area contributed by atoms with Gasteiger partial charge in [-0.15, -0.1) is 0 Å².